The lowest BCUT2D eigenvalue weighted by Crippen LogP contribution is -2.38. The minimum Gasteiger partial charge on any atom is -0.493 e. The van der Waals surface area contributed by atoms with Crippen LogP contribution in [0.4, 0.5) is 0 Å². The Morgan fingerprint density at radius 3 is 2.71 bits per heavy atom. The van der Waals surface area contributed by atoms with E-state index < -0.39 is 0 Å². The number of rotatable bonds is 4. The molecule has 1 aromatic rings. The van der Waals surface area contributed by atoms with Gasteiger partial charge in [-0.15, -0.1) is 11.8 Å². The molecule has 1 heterocycles. The van der Waals surface area contributed by atoms with Crippen molar-refractivity contribution in [3.8, 4) is 11.5 Å². The van der Waals surface area contributed by atoms with E-state index in [-0.39, 0.29) is 11.3 Å². The molecular weight excluding hydrogens is 286 g/mol. The van der Waals surface area contributed by atoms with Crippen molar-refractivity contribution in [2.45, 2.75) is 24.6 Å². The van der Waals surface area contributed by atoms with Crippen molar-refractivity contribution in [2.75, 3.05) is 26.5 Å². The van der Waals surface area contributed by atoms with Crippen LogP contribution in [0.2, 0.25) is 0 Å². The summed E-state index contributed by atoms with van der Waals surface area (Å²) in [5.41, 5.74) is 1.03. The van der Waals surface area contributed by atoms with Crippen molar-refractivity contribution >= 4 is 17.7 Å². The zero-order valence-electron chi connectivity index (χ0n) is 12.5. The molecule has 0 spiro atoms. The first kappa shape index (κ1) is 14.6. The number of hydrogen-bond acceptors (Lipinski definition) is 4. The van der Waals surface area contributed by atoms with Gasteiger partial charge in [-0.2, -0.15) is 0 Å². The third kappa shape index (κ3) is 2.59. The Morgan fingerprint density at radius 1 is 1.29 bits per heavy atom. The van der Waals surface area contributed by atoms with Crippen LogP contribution in [0, 0.1) is 5.92 Å². The number of methoxy groups -OCH3 is 2. The van der Waals surface area contributed by atoms with E-state index in [1.807, 2.05) is 23.1 Å². The number of benzene rings is 1. The molecule has 21 heavy (non-hydrogen) atoms. The van der Waals surface area contributed by atoms with Gasteiger partial charge in [0.25, 0.3) is 0 Å². The third-order valence-electron chi connectivity index (χ3n) is 4.33. The number of amides is 1. The van der Waals surface area contributed by atoms with Gasteiger partial charge in [0.2, 0.25) is 5.91 Å². The van der Waals surface area contributed by atoms with Crippen LogP contribution in [0.25, 0.3) is 0 Å². The first-order chi connectivity index (χ1) is 10.3. The standard InChI is InChI=1S/C16H21NO3S/c1-19-13-8-4-7-12(14(13)20-2)16-17(9-10-21-16)15(18)11-5-3-6-11/h4,7-8,11,16H,3,5-6,9-10H2,1-2H3/t16-/m1/s1. The van der Waals surface area contributed by atoms with E-state index >= 15 is 0 Å². The second-order valence-corrected chi connectivity index (χ2v) is 6.65. The molecule has 5 heteroatoms. The summed E-state index contributed by atoms with van der Waals surface area (Å²) in [6.07, 6.45) is 3.27. The van der Waals surface area contributed by atoms with Gasteiger partial charge >= 0.3 is 0 Å². The molecular formula is C16H21NO3S. The fraction of sp³-hybridized carbons (Fsp3) is 0.562. The Kier molecular flexibility index (Phi) is 4.29. The molecule has 1 amide bonds. The number of thioether (sulfide) groups is 1. The topological polar surface area (TPSA) is 38.8 Å². The minimum atomic E-state index is 0.0446. The van der Waals surface area contributed by atoms with Crippen molar-refractivity contribution in [2.24, 2.45) is 5.92 Å². The molecule has 0 bridgehead atoms. The van der Waals surface area contributed by atoms with E-state index in [4.69, 9.17) is 9.47 Å². The molecule has 2 fully saturated rings. The summed E-state index contributed by atoms with van der Waals surface area (Å²) < 4.78 is 10.9. The molecule has 0 radical (unpaired) electrons. The molecule has 0 aromatic heterocycles. The van der Waals surface area contributed by atoms with Crippen LogP contribution in [-0.4, -0.2) is 37.3 Å². The Bertz CT molecular complexity index is 530. The predicted molar refractivity (Wildman–Crippen MR) is 83.8 cm³/mol. The number of carbonyl (C=O) groups is 1. The quantitative estimate of drug-likeness (QED) is 0.857. The van der Waals surface area contributed by atoms with Crippen LogP contribution >= 0.6 is 11.8 Å². The zero-order valence-corrected chi connectivity index (χ0v) is 13.3. The second kappa shape index (κ2) is 6.18. The Morgan fingerprint density at radius 2 is 2.10 bits per heavy atom. The maximum atomic E-state index is 12.6. The van der Waals surface area contributed by atoms with Crippen LogP contribution in [0.3, 0.4) is 0 Å². The smallest absolute Gasteiger partial charge is 0.226 e. The molecule has 4 nitrogen and oxygen atoms in total. The summed E-state index contributed by atoms with van der Waals surface area (Å²) in [6, 6.07) is 5.88. The van der Waals surface area contributed by atoms with Crippen LogP contribution < -0.4 is 9.47 Å². The number of para-hydroxylation sites is 1. The van der Waals surface area contributed by atoms with Gasteiger partial charge in [-0.1, -0.05) is 18.6 Å². The van der Waals surface area contributed by atoms with Crippen LogP contribution in [0.1, 0.15) is 30.2 Å². The lowest BCUT2D eigenvalue weighted by molar-refractivity contribution is -0.138. The lowest BCUT2D eigenvalue weighted by Gasteiger charge is -2.32. The largest absolute Gasteiger partial charge is 0.493 e. The summed E-state index contributed by atoms with van der Waals surface area (Å²) in [6.45, 7) is 0.824. The second-order valence-electron chi connectivity index (χ2n) is 5.47. The first-order valence-corrected chi connectivity index (χ1v) is 8.44. The summed E-state index contributed by atoms with van der Waals surface area (Å²) in [4.78, 5) is 14.6. The number of nitrogens with zero attached hydrogens (tertiary/aromatic N) is 1. The maximum Gasteiger partial charge on any atom is 0.226 e. The summed E-state index contributed by atoms with van der Waals surface area (Å²) in [5, 5.41) is 0.0446. The van der Waals surface area contributed by atoms with Crippen LogP contribution in [0.15, 0.2) is 18.2 Å². The highest BCUT2D eigenvalue weighted by Gasteiger charge is 2.38. The first-order valence-electron chi connectivity index (χ1n) is 7.39. The van der Waals surface area contributed by atoms with Crippen molar-refractivity contribution in [1.82, 2.24) is 4.90 Å². The summed E-state index contributed by atoms with van der Waals surface area (Å²) in [5.74, 6) is 2.98. The number of hydrogen-bond donors (Lipinski definition) is 0. The van der Waals surface area contributed by atoms with Gasteiger partial charge in [0.15, 0.2) is 11.5 Å². The van der Waals surface area contributed by atoms with Crippen molar-refractivity contribution < 1.29 is 14.3 Å². The highest BCUT2D eigenvalue weighted by atomic mass is 32.2. The molecule has 2 aliphatic rings. The van der Waals surface area contributed by atoms with Gasteiger partial charge in [-0.3, -0.25) is 4.79 Å². The fourth-order valence-corrected chi connectivity index (χ4v) is 4.23. The van der Waals surface area contributed by atoms with Crippen molar-refractivity contribution in [3.63, 3.8) is 0 Å². The van der Waals surface area contributed by atoms with E-state index in [1.54, 1.807) is 26.0 Å². The SMILES string of the molecule is COc1cccc([C@H]2SCCN2C(=O)C2CCC2)c1OC. The number of carbonyl (C=O) groups excluding carboxylic acids is 1. The van der Waals surface area contributed by atoms with Gasteiger partial charge in [-0.25, -0.2) is 0 Å². The van der Waals surface area contributed by atoms with Gasteiger partial charge in [0.1, 0.15) is 5.37 Å². The normalized spacial score (nSPS) is 22.0. The molecule has 0 unspecified atom stereocenters. The lowest BCUT2D eigenvalue weighted by atomic mass is 9.84. The Hall–Kier alpha value is -1.36. The highest BCUT2D eigenvalue weighted by Crippen LogP contribution is 2.46. The molecule has 1 aromatic carbocycles. The summed E-state index contributed by atoms with van der Waals surface area (Å²) >= 11 is 1.80. The van der Waals surface area contributed by atoms with E-state index in [0.29, 0.717) is 5.91 Å². The van der Waals surface area contributed by atoms with E-state index in [9.17, 15) is 4.79 Å². The van der Waals surface area contributed by atoms with Gasteiger partial charge < -0.3 is 14.4 Å². The molecule has 1 atom stereocenters. The zero-order chi connectivity index (χ0) is 14.8. The molecule has 114 valence electrons. The maximum absolute atomic E-state index is 12.6. The van der Waals surface area contributed by atoms with E-state index in [1.165, 1.54) is 6.42 Å². The predicted octanol–water partition coefficient (Wildman–Crippen LogP) is 3.08. The van der Waals surface area contributed by atoms with Crippen molar-refractivity contribution in [3.05, 3.63) is 23.8 Å². The van der Waals surface area contributed by atoms with Crippen LogP contribution in [0.5, 0.6) is 11.5 Å². The number of ether oxygens (including phenoxy) is 2. The van der Waals surface area contributed by atoms with Gasteiger partial charge in [0.05, 0.1) is 14.2 Å². The van der Waals surface area contributed by atoms with Crippen molar-refractivity contribution in [1.29, 1.82) is 0 Å². The average Bonchev–Trinajstić information content (AvgIpc) is 2.93. The average molecular weight is 307 g/mol. The third-order valence-corrected chi connectivity index (χ3v) is 5.57. The van der Waals surface area contributed by atoms with E-state index in [0.717, 1.165) is 42.2 Å². The molecule has 0 N–H and O–H groups in total. The molecule has 1 saturated carbocycles. The highest BCUT2D eigenvalue weighted by molar-refractivity contribution is 7.99. The molecule has 1 aliphatic heterocycles. The summed E-state index contributed by atoms with van der Waals surface area (Å²) in [7, 11) is 3.29. The fourth-order valence-electron chi connectivity index (χ4n) is 2.95. The minimum absolute atomic E-state index is 0.0446. The van der Waals surface area contributed by atoms with Gasteiger partial charge in [0, 0.05) is 23.8 Å². The molecule has 1 saturated heterocycles. The monoisotopic (exact) mass is 307 g/mol. The van der Waals surface area contributed by atoms with Crippen LogP contribution in [-0.2, 0) is 4.79 Å². The van der Waals surface area contributed by atoms with Gasteiger partial charge in [-0.05, 0) is 18.9 Å². The Labute approximate surface area is 129 Å². The molecule has 3 rings (SSSR count). The Balaban J connectivity index is 1.89. The van der Waals surface area contributed by atoms with E-state index in [2.05, 4.69) is 0 Å². The molecule has 1 aliphatic carbocycles.